The Balaban J connectivity index is 2.76. The second kappa shape index (κ2) is 5.32. The summed E-state index contributed by atoms with van der Waals surface area (Å²) in [5.74, 6) is -1.67. The van der Waals surface area contributed by atoms with Gasteiger partial charge >= 0.3 is 0 Å². The molecular weight excluding hydrogens is 239 g/mol. The van der Waals surface area contributed by atoms with E-state index in [1.54, 1.807) is 12.2 Å². The smallest absolute Gasteiger partial charge is 0.221 e. The van der Waals surface area contributed by atoms with Gasteiger partial charge in [0.05, 0.1) is 11.8 Å². The van der Waals surface area contributed by atoms with Gasteiger partial charge in [-0.2, -0.15) is 9.78 Å². The van der Waals surface area contributed by atoms with Crippen molar-refractivity contribution in [3.05, 3.63) is 25.3 Å². The topological polar surface area (TPSA) is 27.7 Å². The predicted molar refractivity (Wildman–Crippen MR) is 59.8 cm³/mol. The summed E-state index contributed by atoms with van der Waals surface area (Å²) in [5.41, 5.74) is 0. The van der Waals surface area contributed by atoms with Gasteiger partial charge in [0, 0.05) is 12.8 Å². The van der Waals surface area contributed by atoms with Gasteiger partial charge in [-0.25, -0.2) is 0 Å². The fourth-order valence-corrected chi connectivity index (χ4v) is 1.74. The molecule has 3 nitrogen and oxygen atoms in total. The molecule has 1 saturated heterocycles. The van der Waals surface area contributed by atoms with E-state index >= 15 is 0 Å². The number of hydrogen-bond acceptors (Lipinski definition) is 3. The van der Waals surface area contributed by atoms with Crippen LogP contribution in [0.1, 0.15) is 12.8 Å². The molecule has 0 radical (unpaired) electrons. The second-order valence-electron chi connectivity index (χ2n) is 3.34. The van der Waals surface area contributed by atoms with E-state index in [2.05, 4.69) is 13.2 Å². The Labute approximate surface area is 99.5 Å². The third-order valence-corrected chi connectivity index (χ3v) is 2.85. The van der Waals surface area contributed by atoms with Gasteiger partial charge in [-0.05, 0) is 0 Å². The molecule has 0 aromatic heterocycles. The minimum absolute atomic E-state index is 0.148. The molecule has 2 atom stereocenters. The highest BCUT2D eigenvalue weighted by atomic mass is 35.5. The van der Waals surface area contributed by atoms with Crippen molar-refractivity contribution in [2.45, 2.75) is 24.4 Å². The Morgan fingerprint density at radius 3 is 1.60 bits per heavy atom. The van der Waals surface area contributed by atoms with E-state index in [9.17, 15) is 0 Å². The van der Waals surface area contributed by atoms with Gasteiger partial charge in [0.2, 0.25) is 11.6 Å². The molecule has 0 aliphatic carbocycles. The molecular formula is C10H14Cl2O3. The van der Waals surface area contributed by atoms with Gasteiger partial charge in [-0.15, -0.1) is 36.4 Å². The lowest BCUT2D eigenvalue weighted by atomic mass is 10.2. The third-order valence-electron chi connectivity index (χ3n) is 2.04. The van der Waals surface area contributed by atoms with Gasteiger partial charge in [0.1, 0.15) is 0 Å². The van der Waals surface area contributed by atoms with Crippen LogP contribution in [0.15, 0.2) is 25.3 Å². The van der Waals surface area contributed by atoms with E-state index < -0.39 is 11.6 Å². The van der Waals surface area contributed by atoms with Crippen molar-refractivity contribution in [3.63, 3.8) is 0 Å². The van der Waals surface area contributed by atoms with Crippen LogP contribution in [0.2, 0.25) is 0 Å². The normalized spacial score (nSPS) is 35.3. The second-order valence-corrected chi connectivity index (χ2v) is 3.88. The molecule has 86 valence electrons. The summed E-state index contributed by atoms with van der Waals surface area (Å²) in [6.45, 7) is 7.22. The summed E-state index contributed by atoms with van der Waals surface area (Å²) in [7, 11) is 0. The van der Waals surface area contributed by atoms with Gasteiger partial charge in [-0.1, -0.05) is 12.2 Å². The Morgan fingerprint density at radius 2 is 1.33 bits per heavy atom. The van der Waals surface area contributed by atoms with Crippen LogP contribution in [0.25, 0.3) is 0 Å². The van der Waals surface area contributed by atoms with Crippen LogP contribution in [0.5, 0.6) is 0 Å². The van der Waals surface area contributed by atoms with Crippen molar-refractivity contribution in [2.75, 3.05) is 11.8 Å². The quantitative estimate of drug-likeness (QED) is 0.413. The van der Waals surface area contributed by atoms with E-state index in [-0.39, 0.29) is 11.8 Å². The van der Waals surface area contributed by atoms with Crippen LogP contribution in [-0.2, 0) is 14.5 Å². The molecule has 15 heavy (non-hydrogen) atoms. The van der Waals surface area contributed by atoms with Crippen LogP contribution < -0.4 is 0 Å². The summed E-state index contributed by atoms with van der Waals surface area (Å²) in [4.78, 5) is 10.3. The number of rotatable bonds is 6. The third kappa shape index (κ3) is 2.74. The average Bonchev–Trinajstić information content (AvgIpc) is 2.61. The number of ether oxygens (including phenoxy) is 1. The van der Waals surface area contributed by atoms with Crippen LogP contribution in [0.3, 0.4) is 0 Å². The summed E-state index contributed by atoms with van der Waals surface area (Å²) in [6, 6.07) is 0. The fourth-order valence-electron chi connectivity index (χ4n) is 1.32. The summed E-state index contributed by atoms with van der Waals surface area (Å²) >= 11 is 11.6. The highest BCUT2D eigenvalue weighted by Gasteiger charge is 2.51. The van der Waals surface area contributed by atoms with Gasteiger partial charge in [0.15, 0.2) is 0 Å². The molecule has 0 saturated carbocycles. The summed E-state index contributed by atoms with van der Waals surface area (Å²) in [5, 5.41) is 0. The molecule has 1 heterocycles. The molecule has 0 bridgehead atoms. The molecule has 0 aromatic carbocycles. The van der Waals surface area contributed by atoms with E-state index in [1.807, 2.05) is 0 Å². The van der Waals surface area contributed by atoms with E-state index in [0.29, 0.717) is 12.8 Å². The van der Waals surface area contributed by atoms with E-state index in [4.69, 9.17) is 37.7 Å². The average molecular weight is 253 g/mol. The first-order chi connectivity index (χ1) is 7.16. The number of hydrogen-bond donors (Lipinski definition) is 0. The maximum absolute atomic E-state index is 5.78. The van der Waals surface area contributed by atoms with Gasteiger partial charge in [-0.3, -0.25) is 0 Å². The van der Waals surface area contributed by atoms with Crippen molar-refractivity contribution < 1.29 is 14.5 Å². The van der Waals surface area contributed by atoms with E-state index in [0.717, 1.165) is 0 Å². The van der Waals surface area contributed by atoms with Crippen LogP contribution in [-0.4, -0.2) is 23.3 Å². The van der Waals surface area contributed by atoms with Crippen molar-refractivity contribution >= 4 is 23.2 Å². The number of alkyl halides is 2. The van der Waals surface area contributed by atoms with Crippen molar-refractivity contribution in [1.29, 1.82) is 0 Å². The predicted octanol–water partition coefficient (Wildman–Crippen LogP) is 2.99. The maximum Gasteiger partial charge on any atom is 0.221 e. The fraction of sp³-hybridized carbons (Fsp3) is 0.600. The number of halogens is 2. The summed E-state index contributed by atoms with van der Waals surface area (Å²) in [6.07, 6.45) is 4.19. The van der Waals surface area contributed by atoms with Gasteiger partial charge in [0.25, 0.3) is 0 Å². The zero-order chi connectivity index (χ0) is 11.4. The first-order valence-electron chi connectivity index (χ1n) is 4.56. The molecule has 0 N–H and O–H groups in total. The molecule has 5 heteroatoms. The van der Waals surface area contributed by atoms with E-state index in [1.165, 1.54) is 0 Å². The zero-order valence-electron chi connectivity index (χ0n) is 8.38. The molecule has 1 fully saturated rings. The molecule has 1 aliphatic rings. The van der Waals surface area contributed by atoms with Crippen molar-refractivity contribution in [2.24, 2.45) is 0 Å². The summed E-state index contributed by atoms with van der Waals surface area (Å²) < 4.78 is 5.66. The first-order valence-corrected chi connectivity index (χ1v) is 5.63. The first kappa shape index (κ1) is 13.0. The largest absolute Gasteiger partial charge is 0.309 e. The molecule has 2 unspecified atom stereocenters. The van der Waals surface area contributed by atoms with Crippen molar-refractivity contribution in [1.82, 2.24) is 0 Å². The standard InChI is InChI=1S/C10H14Cl2O3/c1-3-5-9(7-11)13-10(8-12,6-4-2)15-14-9/h3-4H,1-2,5-8H2. The Kier molecular flexibility index (Phi) is 4.62. The van der Waals surface area contributed by atoms with Crippen LogP contribution >= 0.6 is 23.2 Å². The van der Waals surface area contributed by atoms with Crippen LogP contribution in [0, 0.1) is 0 Å². The Bertz CT molecular complexity index is 223. The highest BCUT2D eigenvalue weighted by molar-refractivity contribution is 6.19. The molecule has 1 aliphatic heterocycles. The zero-order valence-corrected chi connectivity index (χ0v) is 9.89. The molecule has 0 aromatic rings. The maximum atomic E-state index is 5.78. The van der Waals surface area contributed by atoms with Crippen molar-refractivity contribution in [3.8, 4) is 0 Å². The lowest BCUT2D eigenvalue weighted by molar-refractivity contribution is -0.341. The lowest BCUT2D eigenvalue weighted by Crippen LogP contribution is -2.38. The van der Waals surface area contributed by atoms with Crippen LogP contribution in [0.4, 0.5) is 0 Å². The lowest BCUT2D eigenvalue weighted by Gasteiger charge is -2.25. The minimum atomic E-state index is -0.985. The Hall–Kier alpha value is -0.0600. The SMILES string of the molecule is C=CCC1(CCl)OOC(CCl)(CC=C)O1. The molecule has 1 rings (SSSR count). The monoisotopic (exact) mass is 252 g/mol. The molecule has 0 spiro atoms. The van der Waals surface area contributed by atoms with Gasteiger partial charge < -0.3 is 4.74 Å². The minimum Gasteiger partial charge on any atom is -0.309 e. The highest BCUT2D eigenvalue weighted by Crippen LogP contribution is 2.39. The molecule has 0 amide bonds. The Morgan fingerprint density at radius 1 is 0.933 bits per heavy atom.